The van der Waals surface area contributed by atoms with Gasteiger partial charge in [0.1, 0.15) is 5.75 Å². The summed E-state index contributed by atoms with van der Waals surface area (Å²) < 4.78 is 10.8. The molecule has 0 bridgehead atoms. The number of thioether (sulfide) groups is 1. The minimum atomic E-state index is 0.305. The molecular formula is C15H19N3O2S. The number of hydrogen-bond donors (Lipinski definition) is 1. The van der Waals surface area contributed by atoms with Gasteiger partial charge in [-0.05, 0) is 13.1 Å². The molecule has 1 N–H and O–H groups in total. The molecule has 1 fully saturated rings. The summed E-state index contributed by atoms with van der Waals surface area (Å²) in [6.45, 7) is 0. The van der Waals surface area contributed by atoms with Crippen LogP contribution in [0.15, 0.2) is 28.8 Å². The molecule has 1 aliphatic rings. The second-order valence-corrected chi connectivity index (χ2v) is 6.15. The van der Waals surface area contributed by atoms with Crippen LogP contribution in [0.4, 0.5) is 0 Å². The number of nitrogens with one attached hydrogen (secondary N) is 1. The zero-order chi connectivity index (χ0) is 14.7. The van der Waals surface area contributed by atoms with Crippen LogP contribution in [-0.2, 0) is 6.42 Å². The van der Waals surface area contributed by atoms with E-state index >= 15 is 0 Å². The third-order valence-corrected chi connectivity index (χ3v) is 4.98. The van der Waals surface area contributed by atoms with Crippen molar-refractivity contribution in [2.75, 3.05) is 25.7 Å². The van der Waals surface area contributed by atoms with Crippen molar-refractivity contribution in [3.05, 3.63) is 41.5 Å². The van der Waals surface area contributed by atoms with E-state index in [2.05, 4.69) is 15.5 Å². The maximum Gasteiger partial charge on any atom is 0.232 e. The van der Waals surface area contributed by atoms with Crippen molar-refractivity contribution < 1.29 is 9.26 Å². The van der Waals surface area contributed by atoms with Crippen LogP contribution in [0, 0.1) is 0 Å². The van der Waals surface area contributed by atoms with Crippen molar-refractivity contribution in [3.8, 4) is 5.75 Å². The number of nitrogens with zero attached hydrogens (tertiary/aromatic N) is 2. The molecule has 1 aromatic carbocycles. The summed E-state index contributed by atoms with van der Waals surface area (Å²) in [6.07, 6.45) is 0.623. The smallest absolute Gasteiger partial charge is 0.232 e. The van der Waals surface area contributed by atoms with Gasteiger partial charge < -0.3 is 14.6 Å². The molecule has 0 amide bonds. The Morgan fingerprint density at radius 2 is 2.24 bits per heavy atom. The quantitative estimate of drug-likeness (QED) is 0.913. The van der Waals surface area contributed by atoms with E-state index in [0.29, 0.717) is 24.2 Å². The van der Waals surface area contributed by atoms with E-state index in [9.17, 15) is 0 Å². The standard InChI is InChI=1S/C15H19N3O2S/c1-16-12-9-21-8-11(12)15-17-14(18-20-15)7-10-5-3-4-6-13(10)19-2/h3-6,11-12,16H,7-9H2,1-2H3. The van der Waals surface area contributed by atoms with E-state index in [1.165, 1.54) is 0 Å². The molecule has 0 spiro atoms. The summed E-state index contributed by atoms with van der Waals surface area (Å²) in [5.41, 5.74) is 1.07. The van der Waals surface area contributed by atoms with E-state index in [0.717, 1.165) is 28.7 Å². The number of methoxy groups -OCH3 is 1. The fourth-order valence-corrected chi connectivity index (χ4v) is 4.01. The van der Waals surface area contributed by atoms with Crippen molar-refractivity contribution in [1.29, 1.82) is 0 Å². The Labute approximate surface area is 128 Å². The molecule has 1 saturated heterocycles. The summed E-state index contributed by atoms with van der Waals surface area (Å²) in [5.74, 6) is 4.73. The number of ether oxygens (including phenoxy) is 1. The van der Waals surface area contributed by atoms with E-state index < -0.39 is 0 Å². The van der Waals surface area contributed by atoms with E-state index in [-0.39, 0.29) is 0 Å². The molecule has 2 heterocycles. The molecule has 112 valence electrons. The zero-order valence-corrected chi connectivity index (χ0v) is 13.0. The van der Waals surface area contributed by atoms with Gasteiger partial charge in [-0.1, -0.05) is 23.4 Å². The second kappa shape index (κ2) is 6.49. The highest BCUT2D eigenvalue weighted by molar-refractivity contribution is 7.99. The maximum atomic E-state index is 5.47. The van der Waals surface area contributed by atoms with Gasteiger partial charge in [-0.25, -0.2) is 0 Å². The SMILES string of the molecule is CNC1CSCC1c1nc(Cc2ccccc2OC)no1. The fourth-order valence-electron chi connectivity index (χ4n) is 2.59. The highest BCUT2D eigenvalue weighted by atomic mass is 32.2. The van der Waals surface area contributed by atoms with E-state index in [4.69, 9.17) is 9.26 Å². The topological polar surface area (TPSA) is 60.2 Å². The summed E-state index contributed by atoms with van der Waals surface area (Å²) >= 11 is 1.92. The summed E-state index contributed by atoms with van der Waals surface area (Å²) in [7, 11) is 3.66. The van der Waals surface area contributed by atoms with Crippen LogP contribution in [0.3, 0.4) is 0 Å². The minimum absolute atomic E-state index is 0.305. The Hall–Kier alpha value is -1.53. The molecule has 6 heteroatoms. The molecule has 2 aromatic rings. The van der Waals surface area contributed by atoms with Crippen LogP contribution in [0.25, 0.3) is 0 Å². The van der Waals surface area contributed by atoms with Crippen LogP contribution in [0.5, 0.6) is 5.75 Å². The van der Waals surface area contributed by atoms with Gasteiger partial charge in [-0.3, -0.25) is 0 Å². The van der Waals surface area contributed by atoms with Crippen LogP contribution >= 0.6 is 11.8 Å². The van der Waals surface area contributed by atoms with Gasteiger partial charge in [0.25, 0.3) is 0 Å². The predicted molar refractivity (Wildman–Crippen MR) is 83.0 cm³/mol. The highest BCUT2D eigenvalue weighted by Crippen LogP contribution is 2.32. The first kappa shape index (κ1) is 14.4. The third-order valence-electron chi connectivity index (χ3n) is 3.79. The van der Waals surface area contributed by atoms with E-state index in [1.54, 1.807) is 7.11 Å². The first-order valence-corrected chi connectivity index (χ1v) is 8.16. The van der Waals surface area contributed by atoms with Crippen molar-refractivity contribution in [2.45, 2.75) is 18.4 Å². The van der Waals surface area contributed by atoms with Gasteiger partial charge in [0.2, 0.25) is 5.89 Å². The van der Waals surface area contributed by atoms with Gasteiger partial charge >= 0.3 is 0 Å². The molecular weight excluding hydrogens is 286 g/mol. The van der Waals surface area contributed by atoms with Gasteiger partial charge in [0.15, 0.2) is 5.82 Å². The Morgan fingerprint density at radius 3 is 3.05 bits per heavy atom. The third kappa shape index (κ3) is 3.06. The van der Waals surface area contributed by atoms with Crippen LogP contribution in [0.1, 0.15) is 23.2 Å². The summed E-state index contributed by atoms with van der Waals surface area (Å²) in [6, 6.07) is 8.33. The number of aromatic nitrogens is 2. The van der Waals surface area contributed by atoms with Gasteiger partial charge in [0, 0.05) is 29.5 Å². The lowest BCUT2D eigenvalue weighted by atomic mass is 10.0. The number of likely N-dealkylation sites (N-methyl/N-ethyl adjacent to an activating group) is 1. The predicted octanol–water partition coefficient (Wildman–Crippen LogP) is 2.09. The molecule has 0 radical (unpaired) electrons. The molecule has 5 nitrogen and oxygen atoms in total. The molecule has 0 aliphatic carbocycles. The largest absolute Gasteiger partial charge is 0.496 e. The average Bonchev–Trinajstić information content (AvgIpc) is 3.16. The number of benzene rings is 1. The molecule has 21 heavy (non-hydrogen) atoms. The molecule has 2 unspecified atom stereocenters. The molecule has 0 saturated carbocycles. The molecule has 2 atom stereocenters. The Kier molecular flexibility index (Phi) is 4.45. The average molecular weight is 305 g/mol. The fraction of sp³-hybridized carbons (Fsp3) is 0.467. The van der Waals surface area contributed by atoms with Gasteiger partial charge in [0.05, 0.1) is 13.0 Å². The van der Waals surface area contributed by atoms with Gasteiger partial charge in [-0.15, -0.1) is 0 Å². The highest BCUT2D eigenvalue weighted by Gasteiger charge is 2.32. The van der Waals surface area contributed by atoms with Crippen LogP contribution in [0.2, 0.25) is 0 Å². The normalized spacial score (nSPS) is 21.6. The molecule has 3 rings (SSSR count). The number of hydrogen-bond acceptors (Lipinski definition) is 6. The molecule has 1 aliphatic heterocycles. The Bertz CT molecular complexity index is 602. The van der Waals surface area contributed by atoms with Crippen molar-refractivity contribution in [1.82, 2.24) is 15.5 Å². The maximum absolute atomic E-state index is 5.47. The summed E-state index contributed by atoms with van der Waals surface area (Å²) in [5, 5.41) is 7.44. The Morgan fingerprint density at radius 1 is 1.38 bits per heavy atom. The van der Waals surface area contributed by atoms with E-state index in [1.807, 2.05) is 43.1 Å². The monoisotopic (exact) mass is 305 g/mol. The zero-order valence-electron chi connectivity index (χ0n) is 12.2. The first-order valence-electron chi connectivity index (χ1n) is 7.01. The lowest BCUT2D eigenvalue weighted by Gasteiger charge is -2.13. The van der Waals surface area contributed by atoms with Crippen molar-refractivity contribution in [2.24, 2.45) is 0 Å². The second-order valence-electron chi connectivity index (χ2n) is 5.08. The first-order chi connectivity index (χ1) is 10.3. The lowest BCUT2D eigenvalue weighted by molar-refractivity contribution is 0.340. The van der Waals surface area contributed by atoms with Crippen LogP contribution < -0.4 is 10.1 Å². The number of rotatable bonds is 5. The number of para-hydroxylation sites is 1. The van der Waals surface area contributed by atoms with Gasteiger partial charge in [-0.2, -0.15) is 16.7 Å². The Balaban J connectivity index is 1.76. The molecule has 1 aromatic heterocycles. The summed E-state index contributed by atoms with van der Waals surface area (Å²) in [4.78, 5) is 4.57. The lowest BCUT2D eigenvalue weighted by Crippen LogP contribution is -2.31. The van der Waals surface area contributed by atoms with Crippen molar-refractivity contribution in [3.63, 3.8) is 0 Å². The van der Waals surface area contributed by atoms with Crippen molar-refractivity contribution >= 4 is 11.8 Å². The van der Waals surface area contributed by atoms with Crippen LogP contribution in [-0.4, -0.2) is 41.8 Å². The minimum Gasteiger partial charge on any atom is -0.496 e.